The molecular formula is C15H19N5O. The first-order chi connectivity index (χ1) is 10.1. The van der Waals surface area contributed by atoms with Crippen molar-refractivity contribution in [2.45, 2.75) is 13.0 Å². The summed E-state index contributed by atoms with van der Waals surface area (Å²) in [4.78, 5) is 22.0. The first kappa shape index (κ1) is 14.8. The number of anilines is 2. The molecule has 0 aliphatic carbocycles. The second-order valence-corrected chi connectivity index (χ2v) is 4.89. The molecule has 0 unspecified atom stereocenters. The van der Waals surface area contributed by atoms with Crippen molar-refractivity contribution >= 4 is 17.5 Å². The zero-order valence-electron chi connectivity index (χ0n) is 12.4. The minimum atomic E-state index is -0.288. The van der Waals surface area contributed by atoms with Crippen LogP contribution in [0.4, 0.5) is 16.3 Å². The topological polar surface area (TPSA) is 70.1 Å². The molecule has 0 aliphatic heterocycles. The molecule has 0 aliphatic rings. The van der Waals surface area contributed by atoms with Gasteiger partial charge in [0.25, 0.3) is 0 Å². The van der Waals surface area contributed by atoms with Crippen molar-refractivity contribution in [2.24, 2.45) is 0 Å². The summed E-state index contributed by atoms with van der Waals surface area (Å²) in [5.74, 6) is 0.660. The summed E-state index contributed by atoms with van der Waals surface area (Å²) >= 11 is 0. The highest BCUT2D eigenvalue weighted by atomic mass is 16.2. The van der Waals surface area contributed by atoms with E-state index in [-0.39, 0.29) is 12.1 Å². The van der Waals surface area contributed by atoms with Crippen molar-refractivity contribution in [3.8, 4) is 0 Å². The van der Waals surface area contributed by atoms with E-state index in [1.54, 1.807) is 6.20 Å². The van der Waals surface area contributed by atoms with E-state index >= 15 is 0 Å². The summed E-state index contributed by atoms with van der Waals surface area (Å²) in [5, 5.41) is 5.66. The maximum atomic E-state index is 12.1. The molecule has 0 spiro atoms. The van der Waals surface area contributed by atoms with E-state index in [2.05, 4.69) is 20.6 Å². The maximum absolute atomic E-state index is 12.1. The highest BCUT2D eigenvalue weighted by Crippen LogP contribution is 2.19. The van der Waals surface area contributed by atoms with Crippen molar-refractivity contribution in [2.75, 3.05) is 24.3 Å². The van der Waals surface area contributed by atoms with Gasteiger partial charge in [-0.2, -0.15) is 0 Å². The predicted octanol–water partition coefficient (Wildman–Crippen LogP) is 2.43. The van der Waals surface area contributed by atoms with E-state index in [0.29, 0.717) is 11.5 Å². The lowest BCUT2D eigenvalue weighted by Gasteiger charge is -2.18. The van der Waals surface area contributed by atoms with E-state index in [1.807, 2.05) is 56.3 Å². The fourth-order valence-electron chi connectivity index (χ4n) is 1.95. The van der Waals surface area contributed by atoms with Gasteiger partial charge in [0.15, 0.2) is 5.82 Å². The molecule has 2 aromatic rings. The molecule has 2 amide bonds. The number of nitrogens with zero attached hydrogens (tertiary/aromatic N) is 3. The largest absolute Gasteiger partial charge is 0.361 e. The Labute approximate surface area is 124 Å². The molecule has 2 N–H and O–H groups in total. The van der Waals surface area contributed by atoms with Gasteiger partial charge < -0.3 is 15.5 Å². The fraction of sp³-hybridized carbons (Fsp3) is 0.267. The Morgan fingerprint density at radius 1 is 1.24 bits per heavy atom. The van der Waals surface area contributed by atoms with Gasteiger partial charge in [0, 0.05) is 14.1 Å². The van der Waals surface area contributed by atoms with Crippen molar-refractivity contribution in [3.63, 3.8) is 0 Å². The smallest absolute Gasteiger partial charge is 0.319 e. The normalized spacial score (nSPS) is 11.6. The van der Waals surface area contributed by atoms with Crippen LogP contribution in [0.3, 0.4) is 0 Å². The summed E-state index contributed by atoms with van der Waals surface area (Å²) < 4.78 is 0. The number of carbonyl (C=O) groups is 1. The molecule has 1 aromatic carbocycles. The number of hydrogen-bond acceptors (Lipinski definition) is 4. The zero-order valence-corrected chi connectivity index (χ0v) is 12.4. The molecule has 0 fully saturated rings. The number of aromatic nitrogens is 2. The lowest BCUT2D eigenvalue weighted by Crippen LogP contribution is -2.31. The van der Waals surface area contributed by atoms with Crippen LogP contribution in [-0.2, 0) is 0 Å². The van der Waals surface area contributed by atoms with Crippen LogP contribution >= 0.6 is 0 Å². The number of rotatable bonds is 4. The Hall–Kier alpha value is -2.63. The first-order valence-corrected chi connectivity index (χ1v) is 6.67. The number of benzene rings is 1. The number of amides is 2. The summed E-state index contributed by atoms with van der Waals surface area (Å²) in [5.41, 5.74) is 1.62. The molecule has 0 bridgehead atoms. The second kappa shape index (κ2) is 6.69. The van der Waals surface area contributed by atoms with Crippen LogP contribution in [-0.4, -0.2) is 30.1 Å². The first-order valence-electron chi connectivity index (χ1n) is 6.67. The van der Waals surface area contributed by atoms with Crippen molar-refractivity contribution < 1.29 is 4.79 Å². The standard InChI is InChI=1S/C15H19N5O/c1-11(12-7-5-4-6-8-12)18-15(21)19-13-9-16-10-17-14(13)20(2)3/h4-11H,1-3H3,(H2,18,19,21)/t11-/m0/s1. The lowest BCUT2D eigenvalue weighted by atomic mass is 10.1. The minimum absolute atomic E-state index is 0.0846. The maximum Gasteiger partial charge on any atom is 0.319 e. The van der Waals surface area contributed by atoms with E-state index in [9.17, 15) is 4.79 Å². The number of nitrogens with one attached hydrogen (secondary N) is 2. The highest BCUT2D eigenvalue weighted by molar-refractivity contribution is 5.92. The Morgan fingerprint density at radius 2 is 1.95 bits per heavy atom. The average Bonchev–Trinajstić information content (AvgIpc) is 2.48. The van der Waals surface area contributed by atoms with Crippen molar-refractivity contribution in [1.82, 2.24) is 15.3 Å². The third-order valence-corrected chi connectivity index (χ3v) is 3.01. The molecule has 6 nitrogen and oxygen atoms in total. The van der Waals surface area contributed by atoms with Crippen LogP contribution < -0.4 is 15.5 Å². The molecule has 0 saturated heterocycles. The van der Waals surface area contributed by atoms with Gasteiger partial charge in [0.1, 0.15) is 12.0 Å². The van der Waals surface area contributed by atoms with Crippen LogP contribution in [0.15, 0.2) is 42.9 Å². The van der Waals surface area contributed by atoms with Gasteiger partial charge in [0.05, 0.1) is 12.2 Å². The Balaban J connectivity index is 2.02. The highest BCUT2D eigenvalue weighted by Gasteiger charge is 2.12. The third-order valence-electron chi connectivity index (χ3n) is 3.01. The molecule has 0 radical (unpaired) electrons. The number of hydrogen-bond donors (Lipinski definition) is 2. The van der Waals surface area contributed by atoms with E-state index in [0.717, 1.165) is 5.56 Å². The Morgan fingerprint density at radius 3 is 2.62 bits per heavy atom. The van der Waals surface area contributed by atoms with Gasteiger partial charge in [-0.1, -0.05) is 30.3 Å². The predicted molar refractivity (Wildman–Crippen MR) is 83.4 cm³/mol. The quantitative estimate of drug-likeness (QED) is 0.905. The molecule has 110 valence electrons. The SMILES string of the molecule is C[C@H](NC(=O)Nc1cncnc1N(C)C)c1ccccc1. The van der Waals surface area contributed by atoms with Crippen molar-refractivity contribution in [3.05, 3.63) is 48.4 Å². The molecule has 0 saturated carbocycles. The van der Waals surface area contributed by atoms with Gasteiger partial charge >= 0.3 is 6.03 Å². The van der Waals surface area contributed by atoms with Crippen molar-refractivity contribution in [1.29, 1.82) is 0 Å². The fourth-order valence-corrected chi connectivity index (χ4v) is 1.95. The van der Waals surface area contributed by atoms with Crippen LogP contribution in [0.1, 0.15) is 18.5 Å². The van der Waals surface area contributed by atoms with Gasteiger partial charge in [-0.25, -0.2) is 14.8 Å². The van der Waals surface area contributed by atoms with E-state index in [4.69, 9.17) is 0 Å². The second-order valence-electron chi connectivity index (χ2n) is 4.89. The molecular weight excluding hydrogens is 266 g/mol. The van der Waals surface area contributed by atoms with Crippen LogP contribution in [0.2, 0.25) is 0 Å². The molecule has 21 heavy (non-hydrogen) atoms. The molecule has 2 rings (SSSR count). The van der Waals surface area contributed by atoms with Crippen LogP contribution in [0, 0.1) is 0 Å². The molecule has 6 heteroatoms. The summed E-state index contributed by atoms with van der Waals surface area (Å²) in [6.07, 6.45) is 3.03. The summed E-state index contributed by atoms with van der Waals surface area (Å²) in [6.45, 7) is 1.93. The molecule has 1 aromatic heterocycles. The minimum Gasteiger partial charge on any atom is -0.361 e. The average molecular weight is 285 g/mol. The summed E-state index contributed by atoms with van der Waals surface area (Å²) in [7, 11) is 3.72. The lowest BCUT2D eigenvalue weighted by molar-refractivity contribution is 0.249. The monoisotopic (exact) mass is 285 g/mol. The third kappa shape index (κ3) is 3.92. The molecule has 1 atom stereocenters. The summed E-state index contributed by atoms with van der Waals surface area (Å²) in [6, 6.07) is 9.41. The van der Waals surface area contributed by atoms with Gasteiger partial charge in [-0.3, -0.25) is 0 Å². The Kier molecular flexibility index (Phi) is 4.71. The van der Waals surface area contributed by atoms with Gasteiger partial charge in [-0.05, 0) is 12.5 Å². The Bertz CT molecular complexity index is 600. The van der Waals surface area contributed by atoms with Crippen LogP contribution in [0.25, 0.3) is 0 Å². The zero-order chi connectivity index (χ0) is 15.2. The number of urea groups is 1. The van der Waals surface area contributed by atoms with Gasteiger partial charge in [0.2, 0.25) is 0 Å². The van der Waals surface area contributed by atoms with E-state index in [1.165, 1.54) is 6.33 Å². The van der Waals surface area contributed by atoms with E-state index < -0.39 is 0 Å². The number of carbonyl (C=O) groups excluding carboxylic acids is 1. The molecule has 1 heterocycles. The van der Waals surface area contributed by atoms with Gasteiger partial charge in [-0.15, -0.1) is 0 Å². The van der Waals surface area contributed by atoms with Crippen LogP contribution in [0.5, 0.6) is 0 Å².